The van der Waals surface area contributed by atoms with Crippen molar-refractivity contribution >= 4 is 17.4 Å². The van der Waals surface area contributed by atoms with Gasteiger partial charge in [0.15, 0.2) is 5.82 Å². The number of pyridine rings is 1. The van der Waals surface area contributed by atoms with Gasteiger partial charge in [0, 0.05) is 6.20 Å². The summed E-state index contributed by atoms with van der Waals surface area (Å²) in [4.78, 5) is 23.4. The number of nitrogen functional groups attached to an aromatic ring is 1. The second-order valence-corrected chi connectivity index (χ2v) is 3.13. The molecule has 4 N–H and O–H groups in total. The second-order valence-electron chi connectivity index (χ2n) is 3.13. The fourth-order valence-corrected chi connectivity index (χ4v) is 1.18. The summed E-state index contributed by atoms with van der Waals surface area (Å²) in [7, 11) is 0. The van der Waals surface area contributed by atoms with E-state index in [0.717, 1.165) is 0 Å². The summed E-state index contributed by atoms with van der Waals surface area (Å²) in [5, 5.41) is 2.64. The van der Waals surface area contributed by atoms with Gasteiger partial charge in [-0.05, 0) is 12.1 Å². The molecule has 86 valence electrons. The first-order chi connectivity index (χ1) is 8.29. The van der Waals surface area contributed by atoms with Crippen LogP contribution in [0.5, 0.6) is 0 Å². The average Bonchev–Trinajstić information content (AvgIpc) is 2.40. The Morgan fingerprint density at radius 1 is 1.24 bits per heavy atom. The van der Waals surface area contributed by atoms with Crippen LogP contribution < -0.4 is 16.6 Å². The Labute approximate surface area is 97.1 Å². The molecule has 0 bridgehead atoms. The lowest BCUT2D eigenvalue weighted by Gasteiger charge is -2.04. The van der Waals surface area contributed by atoms with E-state index in [1.165, 1.54) is 18.6 Å². The summed E-state index contributed by atoms with van der Waals surface area (Å²) in [5.41, 5.74) is 3.08. The molecular formula is C10H10N6O. The first kappa shape index (κ1) is 11.0. The molecule has 0 fully saturated rings. The van der Waals surface area contributed by atoms with Gasteiger partial charge in [-0.3, -0.25) is 14.8 Å². The number of hydrogen-bond acceptors (Lipinski definition) is 6. The highest BCUT2D eigenvalue weighted by Gasteiger charge is 2.08. The zero-order valence-corrected chi connectivity index (χ0v) is 8.79. The fourth-order valence-electron chi connectivity index (χ4n) is 1.18. The Morgan fingerprint density at radius 3 is 2.82 bits per heavy atom. The van der Waals surface area contributed by atoms with Crippen LogP contribution in [0.2, 0.25) is 0 Å². The van der Waals surface area contributed by atoms with Crippen molar-refractivity contribution in [1.29, 1.82) is 0 Å². The zero-order valence-electron chi connectivity index (χ0n) is 8.79. The minimum atomic E-state index is -0.373. The maximum absolute atomic E-state index is 11.8. The van der Waals surface area contributed by atoms with Crippen LogP contribution in [0.1, 0.15) is 10.5 Å². The first-order valence-electron chi connectivity index (χ1n) is 4.79. The predicted octanol–water partition coefficient (Wildman–Crippen LogP) is 0.410. The molecule has 7 heteroatoms. The van der Waals surface area contributed by atoms with E-state index in [1.54, 1.807) is 18.3 Å². The number of hydrogen-bond donors (Lipinski definition) is 3. The Hall–Kier alpha value is -2.54. The lowest BCUT2D eigenvalue weighted by atomic mass is 10.3. The van der Waals surface area contributed by atoms with Crippen LogP contribution in [0.3, 0.4) is 0 Å². The fraction of sp³-hybridized carbons (Fsp3) is 0. The lowest BCUT2D eigenvalue weighted by Crippen LogP contribution is -2.16. The summed E-state index contributed by atoms with van der Waals surface area (Å²) >= 11 is 0. The van der Waals surface area contributed by atoms with Crippen molar-refractivity contribution in [2.75, 3.05) is 10.7 Å². The summed E-state index contributed by atoms with van der Waals surface area (Å²) in [6, 6.07) is 3.45. The van der Waals surface area contributed by atoms with Gasteiger partial charge in [-0.15, -0.1) is 0 Å². The van der Waals surface area contributed by atoms with E-state index in [9.17, 15) is 4.79 Å². The number of nitrogens with zero attached hydrogens (tertiary/aromatic N) is 3. The number of anilines is 2. The molecule has 2 aromatic rings. The number of aromatic nitrogens is 3. The molecule has 2 aromatic heterocycles. The van der Waals surface area contributed by atoms with Crippen LogP contribution in [-0.4, -0.2) is 20.9 Å². The molecule has 0 unspecified atom stereocenters. The molecule has 0 atom stereocenters. The third-order valence-electron chi connectivity index (χ3n) is 1.93. The van der Waals surface area contributed by atoms with Gasteiger partial charge in [0.1, 0.15) is 5.69 Å². The number of hydrazine groups is 1. The smallest absolute Gasteiger partial charge is 0.275 e. The Bertz CT molecular complexity index is 515. The molecule has 0 radical (unpaired) electrons. The second kappa shape index (κ2) is 4.99. The van der Waals surface area contributed by atoms with Crippen LogP contribution in [-0.2, 0) is 0 Å². The van der Waals surface area contributed by atoms with Gasteiger partial charge in [-0.25, -0.2) is 10.8 Å². The monoisotopic (exact) mass is 230 g/mol. The standard InChI is InChI=1S/C10H10N6O/c11-16-9-6-13-5-8(15-9)10(17)14-7-2-1-3-12-4-7/h1-6H,11H2,(H,14,17)(H,15,16). The molecule has 0 aliphatic rings. The van der Waals surface area contributed by atoms with E-state index < -0.39 is 0 Å². The number of rotatable bonds is 3. The van der Waals surface area contributed by atoms with Crippen LogP contribution in [0, 0.1) is 0 Å². The van der Waals surface area contributed by atoms with E-state index in [1.807, 2.05) is 0 Å². The normalized spacial score (nSPS) is 9.71. The molecule has 0 aromatic carbocycles. The van der Waals surface area contributed by atoms with E-state index in [0.29, 0.717) is 11.5 Å². The van der Waals surface area contributed by atoms with Gasteiger partial charge >= 0.3 is 0 Å². The molecule has 2 heterocycles. The molecule has 0 aliphatic carbocycles. The molecular weight excluding hydrogens is 220 g/mol. The zero-order chi connectivity index (χ0) is 12.1. The highest BCUT2D eigenvalue weighted by atomic mass is 16.1. The van der Waals surface area contributed by atoms with Crippen molar-refractivity contribution in [2.24, 2.45) is 5.84 Å². The van der Waals surface area contributed by atoms with E-state index in [2.05, 4.69) is 25.7 Å². The van der Waals surface area contributed by atoms with Gasteiger partial charge in [-0.2, -0.15) is 0 Å². The van der Waals surface area contributed by atoms with Crippen LogP contribution in [0.25, 0.3) is 0 Å². The summed E-state index contributed by atoms with van der Waals surface area (Å²) in [5.74, 6) is 5.13. The number of nitrogens with one attached hydrogen (secondary N) is 2. The molecule has 0 spiro atoms. The molecule has 0 saturated carbocycles. The highest BCUT2D eigenvalue weighted by Crippen LogP contribution is 2.06. The van der Waals surface area contributed by atoms with Gasteiger partial charge in [0.2, 0.25) is 0 Å². The Morgan fingerprint density at radius 2 is 2.12 bits per heavy atom. The third kappa shape index (κ3) is 2.73. The Balaban J connectivity index is 2.14. The quantitative estimate of drug-likeness (QED) is 0.521. The van der Waals surface area contributed by atoms with Crippen molar-refractivity contribution in [1.82, 2.24) is 15.0 Å². The van der Waals surface area contributed by atoms with Crippen molar-refractivity contribution in [3.63, 3.8) is 0 Å². The van der Waals surface area contributed by atoms with Crippen molar-refractivity contribution in [3.8, 4) is 0 Å². The largest absolute Gasteiger partial charge is 0.319 e. The SMILES string of the molecule is NNc1cncc(C(=O)Nc2cccnc2)n1. The van der Waals surface area contributed by atoms with Gasteiger partial charge in [0.25, 0.3) is 5.91 Å². The first-order valence-corrected chi connectivity index (χ1v) is 4.79. The van der Waals surface area contributed by atoms with Crippen LogP contribution in [0.15, 0.2) is 36.9 Å². The van der Waals surface area contributed by atoms with Crippen molar-refractivity contribution in [3.05, 3.63) is 42.6 Å². The molecule has 0 saturated heterocycles. The number of amides is 1. The lowest BCUT2D eigenvalue weighted by molar-refractivity contribution is 0.102. The molecule has 7 nitrogen and oxygen atoms in total. The van der Waals surface area contributed by atoms with Crippen LogP contribution in [0.4, 0.5) is 11.5 Å². The molecule has 17 heavy (non-hydrogen) atoms. The predicted molar refractivity (Wildman–Crippen MR) is 62.0 cm³/mol. The maximum atomic E-state index is 11.8. The number of carbonyl (C=O) groups is 1. The van der Waals surface area contributed by atoms with Crippen molar-refractivity contribution in [2.45, 2.75) is 0 Å². The van der Waals surface area contributed by atoms with Gasteiger partial charge in [-0.1, -0.05) is 0 Å². The Kier molecular flexibility index (Phi) is 3.22. The topological polar surface area (TPSA) is 106 Å². The van der Waals surface area contributed by atoms with Crippen molar-refractivity contribution < 1.29 is 4.79 Å². The summed E-state index contributed by atoms with van der Waals surface area (Å²) in [6.45, 7) is 0. The summed E-state index contributed by atoms with van der Waals surface area (Å²) in [6.07, 6.45) is 5.93. The molecule has 0 aliphatic heterocycles. The molecule has 1 amide bonds. The minimum absolute atomic E-state index is 0.171. The number of nitrogens with two attached hydrogens (primary N) is 1. The van der Waals surface area contributed by atoms with E-state index >= 15 is 0 Å². The van der Waals surface area contributed by atoms with Crippen LogP contribution >= 0.6 is 0 Å². The molecule has 2 rings (SSSR count). The van der Waals surface area contributed by atoms with E-state index in [-0.39, 0.29) is 11.6 Å². The average molecular weight is 230 g/mol. The maximum Gasteiger partial charge on any atom is 0.275 e. The number of carbonyl (C=O) groups excluding carboxylic acids is 1. The summed E-state index contributed by atoms with van der Waals surface area (Å²) < 4.78 is 0. The van der Waals surface area contributed by atoms with Gasteiger partial charge in [0.05, 0.1) is 24.3 Å². The minimum Gasteiger partial charge on any atom is -0.319 e. The third-order valence-corrected chi connectivity index (χ3v) is 1.93. The van der Waals surface area contributed by atoms with Gasteiger partial charge < -0.3 is 10.7 Å². The highest BCUT2D eigenvalue weighted by molar-refractivity contribution is 6.02. The van der Waals surface area contributed by atoms with E-state index in [4.69, 9.17) is 5.84 Å².